The van der Waals surface area contributed by atoms with Crippen molar-refractivity contribution < 1.29 is 0 Å². The number of aromatic nitrogens is 2. The van der Waals surface area contributed by atoms with Crippen LogP contribution in [0.4, 0.5) is 0 Å². The average Bonchev–Trinajstić information content (AvgIpc) is 3.65. The predicted molar refractivity (Wildman–Crippen MR) is 208 cm³/mol. The maximum Gasteiger partial charge on any atom is 0.0731 e. The number of hydrogen-bond donors (Lipinski definition) is 2. The van der Waals surface area contributed by atoms with Crippen molar-refractivity contribution in [2.45, 2.75) is 0 Å². The minimum atomic E-state index is 0.473. The van der Waals surface area contributed by atoms with Crippen molar-refractivity contribution in [2.75, 3.05) is 5.43 Å². The van der Waals surface area contributed by atoms with Crippen molar-refractivity contribution >= 4 is 76.6 Å². The summed E-state index contributed by atoms with van der Waals surface area (Å²) in [5.41, 5.74) is 12.7. The Hall–Kier alpha value is -6.65. The first-order chi connectivity index (χ1) is 24.2. The summed E-state index contributed by atoms with van der Waals surface area (Å²) in [6, 6.07) is 52.2. The third-order valence-electron chi connectivity index (χ3n) is 9.92. The van der Waals surface area contributed by atoms with Gasteiger partial charge < -0.3 is 9.98 Å². The molecule has 230 valence electrons. The Morgan fingerprint density at radius 2 is 1.18 bits per heavy atom. The lowest BCUT2D eigenvalue weighted by molar-refractivity contribution is 1.06. The van der Waals surface area contributed by atoms with E-state index in [0.717, 1.165) is 39.1 Å². The van der Waals surface area contributed by atoms with E-state index in [1.165, 1.54) is 48.6 Å². The van der Waals surface area contributed by atoms with Gasteiger partial charge in [-0.1, -0.05) is 133 Å². The second-order valence-electron chi connectivity index (χ2n) is 12.7. The number of fused-ring (bicyclic) bond motifs is 9. The third-order valence-corrected chi connectivity index (χ3v) is 9.92. The lowest BCUT2D eigenvalue weighted by Crippen LogP contribution is -2.17. The summed E-state index contributed by atoms with van der Waals surface area (Å²) in [5, 5.41) is 18.5. The topological polar surface area (TPSA) is 45.7 Å². The Morgan fingerprint density at radius 3 is 2.04 bits per heavy atom. The molecular formula is C45H30N4. The van der Waals surface area contributed by atoms with Gasteiger partial charge in [0.2, 0.25) is 0 Å². The van der Waals surface area contributed by atoms with Crippen molar-refractivity contribution in [3.05, 3.63) is 181 Å². The number of nitrogens with zero attached hydrogens (tertiary/aromatic N) is 2. The van der Waals surface area contributed by atoms with Crippen LogP contribution in [0.2, 0.25) is 0 Å². The normalized spacial score (nSPS) is 14.2. The van der Waals surface area contributed by atoms with Gasteiger partial charge in [0.05, 0.1) is 33.5 Å². The predicted octanol–water partition coefficient (Wildman–Crippen LogP) is 11.3. The molecule has 2 N–H and O–H groups in total. The first kappa shape index (κ1) is 27.5. The van der Waals surface area contributed by atoms with Crippen molar-refractivity contribution in [3.63, 3.8) is 0 Å². The number of hydrogen-bond acceptors (Lipinski definition) is 2. The van der Waals surface area contributed by atoms with Crippen molar-refractivity contribution in [1.82, 2.24) is 9.24 Å². The number of nitrogens with one attached hydrogen (secondary N) is 2. The average molecular weight is 627 g/mol. The molecule has 0 unspecified atom stereocenters. The molecule has 0 aliphatic heterocycles. The number of benzene rings is 7. The largest absolute Gasteiger partial charge is 0.309 e. The molecule has 1 aliphatic carbocycles. The van der Waals surface area contributed by atoms with Gasteiger partial charge in [-0.25, -0.2) is 0 Å². The molecule has 1 aliphatic rings. The van der Waals surface area contributed by atoms with E-state index in [4.69, 9.17) is 5.41 Å². The lowest BCUT2D eigenvalue weighted by Gasteiger charge is -2.19. The summed E-state index contributed by atoms with van der Waals surface area (Å²) in [6.45, 7) is 0. The fraction of sp³-hybridized carbons (Fsp3) is 0. The van der Waals surface area contributed by atoms with Gasteiger partial charge in [-0.15, -0.1) is 0 Å². The van der Waals surface area contributed by atoms with E-state index in [9.17, 15) is 0 Å². The Bertz CT molecular complexity index is 2910. The second-order valence-corrected chi connectivity index (χ2v) is 12.7. The summed E-state index contributed by atoms with van der Waals surface area (Å²) < 4.78 is 4.65. The highest BCUT2D eigenvalue weighted by molar-refractivity contribution is 6.23. The Labute approximate surface area is 282 Å². The molecule has 9 aromatic rings. The van der Waals surface area contributed by atoms with Crippen LogP contribution in [-0.2, 0) is 0 Å². The van der Waals surface area contributed by atoms with Crippen LogP contribution < -0.4 is 5.43 Å². The lowest BCUT2D eigenvalue weighted by atomic mass is 9.99. The Morgan fingerprint density at radius 1 is 0.490 bits per heavy atom. The Kier molecular flexibility index (Phi) is 5.99. The molecule has 0 amide bonds. The molecule has 2 heterocycles. The summed E-state index contributed by atoms with van der Waals surface area (Å²) in [7, 11) is 0. The van der Waals surface area contributed by atoms with E-state index in [2.05, 4.69) is 142 Å². The third kappa shape index (κ3) is 4.21. The molecule has 0 saturated carbocycles. The van der Waals surface area contributed by atoms with Crippen molar-refractivity contribution in [1.29, 1.82) is 5.41 Å². The van der Waals surface area contributed by atoms with Crippen LogP contribution >= 0.6 is 0 Å². The van der Waals surface area contributed by atoms with Crippen molar-refractivity contribution in [2.24, 2.45) is 0 Å². The van der Waals surface area contributed by atoms with Gasteiger partial charge in [-0.3, -0.25) is 10.1 Å². The zero-order valence-electron chi connectivity index (χ0n) is 26.6. The zero-order chi connectivity index (χ0) is 32.5. The smallest absolute Gasteiger partial charge is 0.0731 e. The molecule has 7 aromatic carbocycles. The van der Waals surface area contributed by atoms with E-state index >= 15 is 0 Å². The highest BCUT2D eigenvalue weighted by Crippen LogP contribution is 2.41. The molecule has 0 atom stereocenters. The summed E-state index contributed by atoms with van der Waals surface area (Å²) in [4.78, 5) is 0. The summed E-state index contributed by atoms with van der Waals surface area (Å²) >= 11 is 0. The number of allylic oxidation sites excluding steroid dienone is 5. The van der Waals surface area contributed by atoms with Crippen molar-refractivity contribution in [3.8, 4) is 5.69 Å². The quantitative estimate of drug-likeness (QED) is 0.201. The minimum Gasteiger partial charge on any atom is -0.309 e. The van der Waals surface area contributed by atoms with Gasteiger partial charge in [0, 0.05) is 43.8 Å². The zero-order valence-corrected chi connectivity index (χ0v) is 26.6. The van der Waals surface area contributed by atoms with Crippen LogP contribution in [0.15, 0.2) is 175 Å². The molecule has 0 radical (unpaired) electrons. The SMILES string of the molecule is N=C1C=CC=C/C1=C(/Nn1c2ccccc2c2cc3c4ccc5ccccc5c4n(-c4ccc5ccccc5c4)c3cc21)c1ccccc1. The summed E-state index contributed by atoms with van der Waals surface area (Å²) in [5.74, 6) is 0. The fourth-order valence-corrected chi connectivity index (χ4v) is 7.64. The molecule has 0 bridgehead atoms. The van der Waals surface area contributed by atoms with Gasteiger partial charge >= 0.3 is 0 Å². The molecule has 0 saturated heterocycles. The van der Waals surface area contributed by atoms with E-state index in [0.29, 0.717) is 5.71 Å². The Balaban J connectivity index is 1.32. The minimum absolute atomic E-state index is 0.473. The first-order valence-corrected chi connectivity index (χ1v) is 16.6. The molecule has 4 heteroatoms. The highest BCUT2D eigenvalue weighted by Gasteiger charge is 2.21. The first-order valence-electron chi connectivity index (χ1n) is 16.6. The van der Waals surface area contributed by atoms with Gasteiger partial charge in [-0.05, 0) is 52.6 Å². The maximum absolute atomic E-state index is 8.85. The van der Waals surface area contributed by atoms with Crippen LogP contribution in [0.3, 0.4) is 0 Å². The van der Waals surface area contributed by atoms with Gasteiger partial charge in [0.15, 0.2) is 0 Å². The van der Waals surface area contributed by atoms with Gasteiger partial charge in [-0.2, -0.15) is 0 Å². The molecule has 0 fully saturated rings. The molecule has 10 rings (SSSR count). The standard InChI is InChI=1S/C45H30N4/c46-40-20-10-8-19-37(40)44(31-14-2-1-3-15-31)47-49-41-21-11-9-18-35(41)38-27-39-36-25-23-30-13-6-7-17-34(30)45(36)48(42(39)28-43(38)49)33-24-22-29-12-4-5-16-32(29)26-33/h1-28,46-47H/b44-37-,46-40?. The molecule has 0 spiro atoms. The van der Waals surface area contributed by atoms with Crippen LogP contribution in [-0.4, -0.2) is 15.0 Å². The van der Waals surface area contributed by atoms with E-state index < -0.39 is 0 Å². The van der Waals surface area contributed by atoms with Gasteiger partial charge in [0.1, 0.15) is 0 Å². The molecule has 2 aromatic heterocycles. The number of rotatable bonds is 4. The van der Waals surface area contributed by atoms with Crippen LogP contribution in [0.5, 0.6) is 0 Å². The molecular weight excluding hydrogens is 597 g/mol. The van der Waals surface area contributed by atoms with Gasteiger partial charge in [0.25, 0.3) is 0 Å². The maximum atomic E-state index is 8.85. The van der Waals surface area contributed by atoms with E-state index in [-0.39, 0.29) is 0 Å². The van der Waals surface area contributed by atoms with E-state index in [1.807, 2.05) is 42.5 Å². The highest BCUT2D eigenvalue weighted by atomic mass is 15.4. The van der Waals surface area contributed by atoms with Crippen LogP contribution in [0, 0.1) is 5.41 Å². The summed E-state index contributed by atoms with van der Waals surface area (Å²) in [6.07, 6.45) is 7.79. The monoisotopic (exact) mass is 626 g/mol. The number of para-hydroxylation sites is 1. The molecule has 49 heavy (non-hydrogen) atoms. The van der Waals surface area contributed by atoms with Crippen LogP contribution in [0.1, 0.15) is 5.56 Å². The second kappa shape index (κ2) is 10.7. The molecule has 4 nitrogen and oxygen atoms in total. The fourth-order valence-electron chi connectivity index (χ4n) is 7.64. The van der Waals surface area contributed by atoms with Crippen LogP contribution in [0.25, 0.3) is 76.5 Å². The van der Waals surface area contributed by atoms with E-state index in [1.54, 1.807) is 0 Å².